The highest BCUT2D eigenvalue weighted by Gasteiger charge is 2.17. The maximum Gasteiger partial charge on any atom is 0.175 e. The smallest absolute Gasteiger partial charge is 0.175 e. The second-order valence-electron chi connectivity index (χ2n) is 5.98. The molecular weight excluding hydrogens is 400 g/mol. The van der Waals surface area contributed by atoms with Crippen LogP contribution in [0.4, 0.5) is 4.39 Å². The minimum atomic E-state index is -0.492. The molecule has 0 bridgehead atoms. The van der Waals surface area contributed by atoms with Crippen molar-refractivity contribution < 1.29 is 9.13 Å². The Morgan fingerprint density at radius 1 is 0.893 bits per heavy atom. The van der Waals surface area contributed by atoms with Gasteiger partial charge in [0.15, 0.2) is 11.6 Å². The molecule has 1 aromatic heterocycles. The van der Waals surface area contributed by atoms with Gasteiger partial charge in [-0.2, -0.15) is 0 Å². The molecule has 0 radical (unpaired) electrons. The molecule has 0 aliphatic carbocycles. The van der Waals surface area contributed by atoms with Gasteiger partial charge in [-0.1, -0.05) is 41.4 Å². The summed E-state index contributed by atoms with van der Waals surface area (Å²) in [6, 6.07) is 21.1. The fraction of sp³-hybridized carbons (Fsp3) is 0.0476. The Labute approximate surface area is 171 Å². The van der Waals surface area contributed by atoms with Crippen molar-refractivity contribution in [3.63, 3.8) is 0 Å². The van der Waals surface area contributed by atoms with Crippen molar-refractivity contribution in [2.75, 3.05) is 0 Å². The van der Waals surface area contributed by atoms with E-state index in [0.29, 0.717) is 28.1 Å². The molecule has 0 unspecified atom stereocenters. The number of halogens is 3. The molecule has 0 saturated carbocycles. The van der Waals surface area contributed by atoms with Gasteiger partial charge in [0.1, 0.15) is 18.2 Å². The second-order valence-corrected chi connectivity index (χ2v) is 6.83. The first-order valence-electron chi connectivity index (χ1n) is 8.45. The highest BCUT2D eigenvalue weighted by atomic mass is 35.5. The van der Waals surface area contributed by atoms with Gasteiger partial charge >= 0.3 is 0 Å². The van der Waals surface area contributed by atoms with Crippen LogP contribution in [-0.2, 0) is 6.61 Å². The lowest BCUT2D eigenvalue weighted by Gasteiger charge is -2.12. The highest BCUT2D eigenvalue weighted by molar-refractivity contribution is 6.31. The average molecular weight is 414 g/mol. The fourth-order valence-corrected chi connectivity index (χ4v) is 3.06. The predicted molar refractivity (Wildman–Crippen MR) is 108 cm³/mol. The summed E-state index contributed by atoms with van der Waals surface area (Å²) in [6.45, 7) is 0.180. The molecule has 1 heterocycles. The molecule has 0 amide bonds. The van der Waals surface area contributed by atoms with Crippen LogP contribution in [-0.4, -0.2) is 14.8 Å². The number of benzene rings is 3. The molecule has 0 saturated heterocycles. The van der Waals surface area contributed by atoms with E-state index < -0.39 is 5.82 Å². The van der Waals surface area contributed by atoms with E-state index in [4.69, 9.17) is 27.9 Å². The van der Waals surface area contributed by atoms with Gasteiger partial charge in [0, 0.05) is 10.6 Å². The first-order valence-corrected chi connectivity index (χ1v) is 9.21. The van der Waals surface area contributed by atoms with E-state index in [-0.39, 0.29) is 11.6 Å². The molecule has 0 aliphatic heterocycles. The van der Waals surface area contributed by atoms with Gasteiger partial charge in [-0.05, 0) is 54.6 Å². The van der Waals surface area contributed by atoms with Crippen LogP contribution in [0.1, 0.15) is 5.82 Å². The van der Waals surface area contributed by atoms with Crippen molar-refractivity contribution in [2.24, 2.45) is 0 Å². The van der Waals surface area contributed by atoms with E-state index in [1.165, 1.54) is 12.1 Å². The zero-order chi connectivity index (χ0) is 19.5. The SMILES string of the molecule is Fc1ccc(-n2c(COc3ccccc3)nnc2-c2ccc(Cl)cc2)cc1Cl. The summed E-state index contributed by atoms with van der Waals surface area (Å²) in [7, 11) is 0. The zero-order valence-corrected chi connectivity index (χ0v) is 16.0. The molecule has 28 heavy (non-hydrogen) atoms. The zero-order valence-electron chi connectivity index (χ0n) is 14.5. The fourth-order valence-electron chi connectivity index (χ4n) is 2.76. The monoisotopic (exact) mass is 413 g/mol. The molecule has 140 valence electrons. The number of nitrogens with zero attached hydrogens (tertiary/aromatic N) is 3. The molecular formula is C21H14Cl2FN3O. The standard InChI is InChI=1S/C21H14Cl2FN3O/c22-15-8-6-14(7-9-15)21-26-25-20(13-28-17-4-2-1-3-5-17)27(21)16-10-11-19(24)18(23)12-16/h1-12H,13H2. The van der Waals surface area contributed by atoms with E-state index >= 15 is 0 Å². The molecule has 4 rings (SSSR count). The van der Waals surface area contributed by atoms with Gasteiger partial charge < -0.3 is 4.74 Å². The normalized spacial score (nSPS) is 10.8. The average Bonchev–Trinajstić information content (AvgIpc) is 3.14. The van der Waals surface area contributed by atoms with Crippen molar-refractivity contribution in [2.45, 2.75) is 6.61 Å². The van der Waals surface area contributed by atoms with Crippen LogP contribution >= 0.6 is 23.2 Å². The van der Waals surface area contributed by atoms with Crippen LogP contribution in [0, 0.1) is 5.82 Å². The Hall–Kier alpha value is -2.89. The van der Waals surface area contributed by atoms with E-state index in [2.05, 4.69) is 10.2 Å². The van der Waals surface area contributed by atoms with Crippen molar-refractivity contribution in [3.8, 4) is 22.8 Å². The number of para-hydroxylation sites is 1. The molecule has 0 aliphatic rings. The quantitative estimate of drug-likeness (QED) is 0.405. The van der Waals surface area contributed by atoms with E-state index in [1.807, 2.05) is 42.5 Å². The number of ether oxygens (including phenoxy) is 1. The maximum atomic E-state index is 13.7. The van der Waals surface area contributed by atoms with E-state index in [9.17, 15) is 4.39 Å². The van der Waals surface area contributed by atoms with Crippen molar-refractivity contribution in [1.29, 1.82) is 0 Å². The van der Waals surface area contributed by atoms with Gasteiger partial charge in [-0.25, -0.2) is 4.39 Å². The summed E-state index contributed by atoms with van der Waals surface area (Å²) >= 11 is 12.0. The summed E-state index contributed by atoms with van der Waals surface area (Å²) in [5.74, 6) is 1.35. The van der Waals surface area contributed by atoms with Gasteiger partial charge in [-0.15, -0.1) is 10.2 Å². The summed E-state index contributed by atoms with van der Waals surface area (Å²) in [5, 5.41) is 9.22. The Morgan fingerprint density at radius 3 is 2.36 bits per heavy atom. The molecule has 4 aromatic rings. The van der Waals surface area contributed by atoms with Crippen LogP contribution in [0.5, 0.6) is 5.75 Å². The topological polar surface area (TPSA) is 39.9 Å². The van der Waals surface area contributed by atoms with Gasteiger partial charge in [0.05, 0.1) is 10.7 Å². The third-order valence-electron chi connectivity index (χ3n) is 4.11. The van der Waals surface area contributed by atoms with E-state index in [1.54, 1.807) is 22.8 Å². The minimum Gasteiger partial charge on any atom is -0.486 e. The summed E-state index contributed by atoms with van der Waals surface area (Å²) in [6.07, 6.45) is 0. The van der Waals surface area contributed by atoms with Gasteiger partial charge in [0.2, 0.25) is 0 Å². The number of rotatable bonds is 5. The molecule has 4 nitrogen and oxygen atoms in total. The first kappa shape index (κ1) is 18.5. The third-order valence-corrected chi connectivity index (χ3v) is 4.65. The lowest BCUT2D eigenvalue weighted by atomic mass is 10.2. The van der Waals surface area contributed by atoms with E-state index in [0.717, 1.165) is 5.56 Å². The van der Waals surface area contributed by atoms with Gasteiger partial charge in [0.25, 0.3) is 0 Å². The van der Waals surface area contributed by atoms with Crippen LogP contribution in [0.3, 0.4) is 0 Å². The number of aromatic nitrogens is 3. The predicted octanol–water partition coefficient (Wildman–Crippen LogP) is 5.96. The molecule has 0 N–H and O–H groups in total. The van der Waals surface area contributed by atoms with Crippen LogP contribution in [0.2, 0.25) is 10.0 Å². The summed E-state index contributed by atoms with van der Waals surface area (Å²) in [4.78, 5) is 0. The van der Waals surface area contributed by atoms with Crippen LogP contribution in [0.25, 0.3) is 17.1 Å². The third kappa shape index (κ3) is 3.86. The first-order chi connectivity index (χ1) is 13.6. The van der Waals surface area contributed by atoms with Crippen molar-refractivity contribution in [3.05, 3.63) is 94.5 Å². The number of hydrogen-bond acceptors (Lipinski definition) is 3. The molecule has 3 aromatic carbocycles. The summed E-state index contributed by atoms with van der Waals surface area (Å²) < 4.78 is 21.3. The van der Waals surface area contributed by atoms with Crippen molar-refractivity contribution >= 4 is 23.2 Å². The number of hydrogen-bond donors (Lipinski definition) is 0. The Morgan fingerprint density at radius 2 is 1.64 bits per heavy atom. The molecule has 0 fully saturated rings. The second kappa shape index (κ2) is 8.00. The Balaban J connectivity index is 1.77. The summed E-state index contributed by atoms with van der Waals surface area (Å²) in [5.41, 5.74) is 1.44. The van der Waals surface area contributed by atoms with Gasteiger partial charge in [-0.3, -0.25) is 4.57 Å². The molecule has 7 heteroatoms. The molecule has 0 spiro atoms. The Bertz CT molecular complexity index is 1100. The largest absolute Gasteiger partial charge is 0.486 e. The Kier molecular flexibility index (Phi) is 5.28. The van der Waals surface area contributed by atoms with Crippen molar-refractivity contribution in [1.82, 2.24) is 14.8 Å². The van der Waals surface area contributed by atoms with Crippen LogP contribution < -0.4 is 4.74 Å². The lowest BCUT2D eigenvalue weighted by Crippen LogP contribution is -2.07. The van der Waals surface area contributed by atoms with Crippen LogP contribution in [0.15, 0.2) is 72.8 Å². The lowest BCUT2D eigenvalue weighted by molar-refractivity contribution is 0.293. The molecule has 0 atom stereocenters. The highest BCUT2D eigenvalue weighted by Crippen LogP contribution is 2.27. The maximum absolute atomic E-state index is 13.7. The minimum absolute atomic E-state index is 0.0168.